The summed E-state index contributed by atoms with van der Waals surface area (Å²) in [6, 6.07) is 14.9. The predicted molar refractivity (Wildman–Crippen MR) is 110 cm³/mol. The minimum absolute atomic E-state index is 0.211. The van der Waals surface area contributed by atoms with Gasteiger partial charge in [-0.2, -0.15) is 0 Å². The number of aromatic nitrogens is 2. The molecule has 0 fully saturated rings. The van der Waals surface area contributed by atoms with E-state index in [1.807, 2.05) is 48.5 Å². The zero-order chi connectivity index (χ0) is 18.8. The maximum absolute atomic E-state index is 12.5. The molecule has 0 saturated heterocycles. The Bertz CT molecular complexity index is 1130. The first-order valence-electron chi connectivity index (χ1n) is 8.00. The molecule has 0 aliphatic heterocycles. The number of amides is 2. The molecule has 0 aliphatic carbocycles. The number of benzene rings is 2. The predicted octanol–water partition coefficient (Wildman–Crippen LogP) is 3.89. The number of nitrogens with one attached hydrogen (secondary N) is 3. The van der Waals surface area contributed by atoms with Gasteiger partial charge in [0, 0.05) is 0 Å². The van der Waals surface area contributed by atoms with Crippen molar-refractivity contribution < 1.29 is 9.59 Å². The number of anilines is 2. The Morgan fingerprint density at radius 1 is 1.00 bits per heavy atom. The molecule has 0 spiro atoms. The van der Waals surface area contributed by atoms with Crippen molar-refractivity contribution in [2.24, 2.45) is 0 Å². The van der Waals surface area contributed by atoms with E-state index in [2.05, 4.69) is 36.5 Å². The van der Waals surface area contributed by atoms with Crippen LogP contribution in [0.15, 0.2) is 65.4 Å². The van der Waals surface area contributed by atoms with Gasteiger partial charge in [-0.3, -0.25) is 0 Å². The van der Waals surface area contributed by atoms with Crippen LogP contribution in [0.1, 0.15) is 19.6 Å². The van der Waals surface area contributed by atoms with Crippen molar-refractivity contribution in [3.63, 3.8) is 0 Å². The van der Waals surface area contributed by atoms with Crippen molar-refractivity contribution >= 4 is 63.5 Å². The molecule has 2 aromatic heterocycles. The number of aromatic amines is 1. The first kappa shape index (κ1) is 17.7. The van der Waals surface area contributed by atoms with Gasteiger partial charge in [-0.1, -0.05) is 0 Å². The van der Waals surface area contributed by atoms with Crippen molar-refractivity contribution in [1.29, 1.82) is 0 Å². The number of carbonyl (C=O) groups excluding carboxylic acids is 2. The molecule has 6 nitrogen and oxygen atoms in total. The Kier molecular flexibility index (Phi) is 4.94. The fourth-order valence-corrected chi connectivity index (χ4v) is 4.33. The van der Waals surface area contributed by atoms with Crippen LogP contribution in [0.2, 0.25) is 0 Å². The molecular formula is C19H13BrN4O2Se. The zero-order valence-electron chi connectivity index (χ0n) is 13.8. The first-order chi connectivity index (χ1) is 13.1. The molecule has 0 aliphatic rings. The molecular weight excluding hydrogens is 475 g/mol. The monoisotopic (exact) mass is 488 g/mol. The second-order valence-electron chi connectivity index (χ2n) is 5.69. The van der Waals surface area contributed by atoms with E-state index in [0.29, 0.717) is 20.4 Å². The summed E-state index contributed by atoms with van der Waals surface area (Å²) in [6.45, 7) is 0. The van der Waals surface area contributed by atoms with Gasteiger partial charge in [-0.25, -0.2) is 0 Å². The van der Waals surface area contributed by atoms with Crippen molar-refractivity contribution in [2.45, 2.75) is 0 Å². The number of halogens is 1. The number of hydrogen-bond acceptors (Lipinski definition) is 3. The van der Waals surface area contributed by atoms with Gasteiger partial charge in [0.15, 0.2) is 0 Å². The molecule has 8 heteroatoms. The Labute approximate surface area is 168 Å². The fraction of sp³-hybridized carbons (Fsp3) is 0. The molecule has 0 saturated carbocycles. The molecule has 3 N–H and O–H groups in total. The van der Waals surface area contributed by atoms with Gasteiger partial charge in [0.2, 0.25) is 0 Å². The van der Waals surface area contributed by atoms with E-state index in [4.69, 9.17) is 0 Å². The minimum atomic E-state index is -0.360. The summed E-state index contributed by atoms with van der Waals surface area (Å²) < 4.78 is 2.01. The van der Waals surface area contributed by atoms with Crippen LogP contribution in [0, 0.1) is 0 Å². The molecule has 0 unspecified atom stereocenters. The molecule has 4 aromatic rings. The van der Waals surface area contributed by atoms with Crippen LogP contribution >= 0.6 is 15.9 Å². The number of hydrogen-bond donors (Lipinski definition) is 3. The topological polar surface area (TPSA) is 86.9 Å². The molecule has 4 rings (SSSR count). The second-order valence-corrected chi connectivity index (χ2v) is 8.77. The average Bonchev–Trinajstić information content (AvgIpc) is 3.30. The molecule has 27 heavy (non-hydrogen) atoms. The number of para-hydroxylation sites is 1. The van der Waals surface area contributed by atoms with Crippen LogP contribution in [0.4, 0.5) is 10.4 Å². The Morgan fingerprint density at radius 3 is 2.59 bits per heavy atom. The summed E-state index contributed by atoms with van der Waals surface area (Å²) in [5.74, 6) is -0.451. The fourth-order valence-electron chi connectivity index (χ4n) is 2.59. The Hall–Kier alpha value is -2.67. The summed E-state index contributed by atoms with van der Waals surface area (Å²) in [5, 5.41) is 6.49. The Morgan fingerprint density at radius 2 is 1.78 bits per heavy atom. The van der Waals surface area contributed by atoms with E-state index in [-0.39, 0.29) is 26.3 Å². The average molecular weight is 488 g/mol. The molecule has 134 valence electrons. The van der Waals surface area contributed by atoms with Crippen molar-refractivity contribution in [1.82, 2.24) is 9.97 Å². The van der Waals surface area contributed by atoms with E-state index in [1.165, 1.54) is 6.20 Å². The van der Waals surface area contributed by atoms with E-state index in [1.54, 1.807) is 6.20 Å². The number of nitrogens with zero attached hydrogens (tertiary/aromatic N) is 1. The Balaban J connectivity index is 1.46. The summed E-state index contributed by atoms with van der Waals surface area (Å²) in [4.78, 5) is 32.2. The summed E-state index contributed by atoms with van der Waals surface area (Å²) in [7, 11) is 0. The number of carbonyl (C=O) groups is 2. The van der Waals surface area contributed by atoms with Crippen molar-refractivity contribution in [3.05, 3.63) is 75.4 Å². The quantitative estimate of drug-likeness (QED) is 0.381. The van der Waals surface area contributed by atoms with E-state index >= 15 is 0 Å². The molecule has 0 bridgehead atoms. The third kappa shape index (κ3) is 3.88. The van der Waals surface area contributed by atoms with Crippen molar-refractivity contribution in [2.75, 3.05) is 10.6 Å². The van der Waals surface area contributed by atoms with Gasteiger partial charge in [0.05, 0.1) is 0 Å². The van der Waals surface area contributed by atoms with Gasteiger partial charge >= 0.3 is 169 Å². The van der Waals surface area contributed by atoms with Crippen LogP contribution in [-0.2, 0) is 0 Å². The summed E-state index contributed by atoms with van der Waals surface area (Å²) in [5.41, 5.74) is 2.15. The summed E-state index contributed by atoms with van der Waals surface area (Å²) in [6.07, 6.45) is 3.19. The van der Waals surface area contributed by atoms with Gasteiger partial charge in [-0.15, -0.1) is 0 Å². The third-order valence-corrected chi connectivity index (χ3v) is 6.33. The SMILES string of the molecule is O=C(Nc1ccc(Br)cc1)c1cnc(NC(=O)c2c[nH]c3ccccc23)[se]1. The van der Waals surface area contributed by atoms with E-state index in [0.717, 1.165) is 15.4 Å². The molecule has 2 aromatic carbocycles. The van der Waals surface area contributed by atoms with Gasteiger partial charge in [-0.05, 0) is 0 Å². The van der Waals surface area contributed by atoms with Gasteiger partial charge < -0.3 is 0 Å². The number of rotatable bonds is 4. The van der Waals surface area contributed by atoms with Crippen LogP contribution in [0.25, 0.3) is 10.9 Å². The van der Waals surface area contributed by atoms with E-state index < -0.39 is 0 Å². The summed E-state index contributed by atoms with van der Waals surface area (Å²) >= 11 is 3.00. The van der Waals surface area contributed by atoms with E-state index in [9.17, 15) is 9.59 Å². The third-order valence-electron chi connectivity index (χ3n) is 3.89. The van der Waals surface area contributed by atoms with Crippen molar-refractivity contribution in [3.8, 4) is 0 Å². The van der Waals surface area contributed by atoms with Gasteiger partial charge in [0.1, 0.15) is 0 Å². The molecule has 2 heterocycles. The van der Waals surface area contributed by atoms with Crippen LogP contribution in [0.3, 0.4) is 0 Å². The van der Waals surface area contributed by atoms with Crippen LogP contribution in [-0.4, -0.2) is 36.3 Å². The molecule has 0 atom stereocenters. The standard InChI is InChI=1S/C19H13BrN4O2Se/c20-11-5-7-12(8-6-11)23-18(26)16-10-22-19(27-16)24-17(25)14-9-21-15-4-2-1-3-13(14)15/h1-10,21H,(H,23,26)(H,22,24,25). The first-order valence-corrected chi connectivity index (χ1v) is 10.5. The maximum atomic E-state index is 12.5. The second kappa shape index (κ2) is 7.52. The zero-order valence-corrected chi connectivity index (χ0v) is 17.1. The molecule has 0 radical (unpaired) electrons. The van der Waals surface area contributed by atoms with Gasteiger partial charge in [0.25, 0.3) is 0 Å². The number of fused-ring (bicyclic) bond motifs is 1. The van der Waals surface area contributed by atoms with Crippen LogP contribution in [0.5, 0.6) is 0 Å². The van der Waals surface area contributed by atoms with Crippen LogP contribution < -0.4 is 10.6 Å². The molecule has 2 amide bonds. The normalized spacial score (nSPS) is 10.7. The number of H-pyrrole nitrogens is 1.